The van der Waals surface area contributed by atoms with E-state index < -0.39 is 10.0 Å². The number of primary sulfonamides is 1. The maximum atomic E-state index is 11.6. The summed E-state index contributed by atoms with van der Waals surface area (Å²) in [5, 5.41) is 8.56. The van der Waals surface area contributed by atoms with Crippen molar-refractivity contribution in [1.29, 1.82) is 0 Å². The number of ether oxygens (including phenoxy) is 1. The van der Waals surface area contributed by atoms with Gasteiger partial charge in [-0.2, -0.15) is 0 Å². The minimum Gasteiger partial charge on any atom is -0.497 e. The Labute approximate surface area is 178 Å². The van der Waals surface area contributed by atoms with Gasteiger partial charge in [0, 0.05) is 44.5 Å². The standard InChI is InChI=1S/C21H29N5O3S/c1-3-23-21(24-16-17-6-4-9-20(14-17)30(22,27)28)26-12-10-25(11-13-26)18-7-5-8-19(15-18)29-2/h4-9,14-15H,3,10-13,16H2,1-2H3,(H,23,24)(H2,22,27,28). The summed E-state index contributed by atoms with van der Waals surface area (Å²) in [5.74, 6) is 1.68. The number of rotatable bonds is 6. The third-order valence-electron chi connectivity index (χ3n) is 4.97. The molecule has 0 amide bonds. The molecule has 30 heavy (non-hydrogen) atoms. The topological polar surface area (TPSA) is 100 Å². The fraction of sp³-hybridized carbons (Fsp3) is 0.381. The summed E-state index contributed by atoms with van der Waals surface area (Å²) in [6.45, 7) is 6.58. The van der Waals surface area contributed by atoms with Crippen LogP contribution in [0.25, 0.3) is 0 Å². The molecular weight excluding hydrogens is 402 g/mol. The number of hydrogen-bond acceptors (Lipinski definition) is 5. The Balaban J connectivity index is 1.67. The number of anilines is 1. The molecule has 1 saturated heterocycles. The maximum Gasteiger partial charge on any atom is 0.238 e. The molecule has 1 heterocycles. The van der Waals surface area contributed by atoms with E-state index in [1.54, 1.807) is 19.2 Å². The molecule has 0 unspecified atom stereocenters. The first-order valence-electron chi connectivity index (χ1n) is 9.94. The van der Waals surface area contributed by atoms with Crippen LogP contribution in [0.5, 0.6) is 5.75 Å². The first-order chi connectivity index (χ1) is 14.4. The molecule has 1 fully saturated rings. The SMILES string of the molecule is CCNC(=NCc1cccc(S(N)(=O)=O)c1)N1CCN(c2cccc(OC)c2)CC1. The number of benzene rings is 2. The first kappa shape index (κ1) is 21.9. The predicted octanol–water partition coefficient (Wildman–Crippen LogP) is 1.63. The minimum absolute atomic E-state index is 0.104. The predicted molar refractivity (Wildman–Crippen MR) is 119 cm³/mol. The lowest BCUT2D eigenvalue weighted by atomic mass is 10.2. The van der Waals surface area contributed by atoms with Crippen LogP contribution < -0.4 is 20.1 Å². The second-order valence-corrected chi connectivity index (χ2v) is 8.60. The Hall–Kier alpha value is -2.78. The Morgan fingerprint density at radius 1 is 1.13 bits per heavy atom. The van der Waals surface area contributed by atoms with Crippen molar-refractivity contribution in [2.24, 2.45) is 10.1 Å². The first-order valence-corrected chi connectivity index (χ1v) is 11.5. The van der Waals surface area contributed by atoms with Crippen LogP contribution in [0.1, 0.15) is 12.5 Å². The third kappa shape index (κ3) is 5.64. The molecule has 0 saturated carbocycles. The van der Waals surface area contributed by atoms with Crippen LogP contribution in [-0.2, 0) is 16.6 Å². The highest BCUT2D eigenvalue weighted by molar-refractivity contribution is 7.89. The molecule has 0 aliphatic carbocycles. The van der Waals surface area contributed by atoms with Crippen LogP contribution >= 0.6 is 0 Å². The van der Waals surface area contributed by atoms with Crippen molar-refractivity contribution in [3.05, 3.63) is 54.1 Å². The molecule has 0 aromatic heterocycles. The van der Waals surface area contributed by atoms with Crippen molar-refractivity contribution in [3.8, 4) is 5.75 Å². The largest absolute Gasteiger partial charge is 0.497 e. The molecule has 3 N–H and O–H groups in total. The molecule has 0 atom stereocenters. The van der Waals surface area contributed by atoms with Gasteiger partial charge < -0.3 is 19.9 Å². The van der Waals surface area contributed by atoms with Crippen molar-refractivity contribution in [2.75, 3.05) is 44.7 Å². The average molecular weight is 432 g/mol. The summed E-state index contributed by atoms with van der Waals surface area (Å²) in [4.78, 5) is 9.37. The number of piperazine rings is 1. The Bertz CT molecular complexity index is 986. The molecule has 9 heteroatoms. The van der Waals surface area contributed by atoms with E-state index in [0.29, 0.717) is 6.54 Å². The van der Waals surface area contributed by atoms with E-state index >= 15 is 0 Å². The molecule has 162 valence electrons. The quantitative estimate of drug-likeness (QED) is 0.533. The number of sulfonamides is 1. The van der Waals surface area contributed by atoms with E-state index in [1.165, 1.54) is 6.07 Å². The summed E-state index contributed by atoms with van der Waals surface area (Å²) < 4.78 is 28.5. The zero-order valence-electron chi connectivity index (χ0n) is 17.4. The van der Waals surface area contributed by atoms with E-state index in [1.807, 2.05) is 31.2 Å². The van der Waals surface area contributed by atoms with Crippen molar-refractivity contribution in [3.63, 3.8) is 0 Å². The zero-order chi connectivity index (χ0) is 21.6. The molecule has 2 aromatic carbocycles. The van der Waals surface area contributed by atoms with Gasteiger partial charge in [-0.25, -0.2) is 18.5 Å². The van der Waals surface area contributed by atoms with Crippen molar-refractivity contribution in [1.82, 2.24) is 10.2 Å². The van der Waals surface area contributed by atoms with Gasteiger partial charge in [0.2, 0.25) is 10.0 Å². The van der Waals surface area contributed by atoms with Crippen LogP contribution in [0.2, 0.25) is 0 Å². The molecule has 8 nitrogen and oxygen atoms in total. The van der Waals surface area contributed by atoms with E-state index in [-0.39, 0.29) is 4.90 Å². The summed E-state index contributed by atoms with van der Waals surface area (Å²) in [6, 6.07) is 14.7. The van der Waals surface area contributed by atoms with Gasteiger partial charge in [0.1, 0.15) is 5.75 Å². The van der Waals surface area contributed by atoms with Gasteiger partial charge in [0.05, 0.1) is 18.6 Å². The Morgan fingerprint density at radius 3 is 2.53 bits per heavy atom. The van der Waals surface area contributed by atoms with E-state index in [4.69, 9.17) is 14.9 Å². The van der Waals surface area contributed by atoms with E-state index in [0.717, 1.165) is 55.7 Å². The Morgan fingerprint density at radius 2 is 1.87 bits per heavy atom. The molecular formula is C21H29N5O3S. The van der Waals surface area contributed by atoms with Crippen LogP contribution in [0.4, 0.5) is 5.69 Å². The summed E-state index contributed by atoms with van der Waals surface area (Å²) >= 11 is 0. The van der Waals surface area contributed by atoms with Crippen molar-refractivity contribution in [2.45, 2.75) is 18.4 Å². The van der Waals surface area contributed by atoms with Gasteiger partial charge in [0.15, 0.2) is 5.96 Å². The molecule has 0 spiro atoms. The van der Waals surface area contributed by atoms with Crippen LogP contribution in [0.3, 0.4) is 0 Å². The highest BCUT2D eigenvalue weighted by Crippen LogP contribution is 2.22. The fourth-order valence-corrected chi connectivity index (χ4v) is 3.98. The number of nitrogens with one attached hydrogen (secondary N) is 1. The number of aliphatic imine (C=N–C) groups is 1. The van der Waals surface area contributed by atoms with Crippen LogP contribution in [0.15, 0.2) is 58.4 Å². The highest BCUT2D eigenvalue weighted by Gasteiger charge is 2.20. The molecule has 1 aliphatic heterocycles. The molecule has 3 rings (SSSR count). The Kier molecular flexibility index (Phi) is 7.17. The normalized spacial score (nSPS) is 15.2. The molecule has 1 aliphatic rings. The van der Waals surface area contributed by atoms with Gasteiger partial charge in [-0.1, -0.05) is 18.2 Å². The molecule has 0 radical (unpaired) electrons. The number of guanidine groups is 1. The van der Waals surface area contributed by atoms with Gasteiger partial charge in [-0.05, 0) is 36.8 Å². The number of nitrogens with zero attached hydrogens (tertiary/aromatic N) is 3. The van der Waals surface area contributed by atoms with Gasteiger partial charge in [-0.3, -0.25) is 0 Å². The number of nitrogens with two attached hydrogens (primary N) is 1. The van der Waals surface area contributed by atoms with Gasteiger partial charge >= 0.3 is 0 Å². The van der Waals surface area contributed by atoms with E-state index in [9.17, 15) is 8.42 Å². The molecule has 2 aromatic rings. The lowest BCUT2D eigenvalue weighted by Crippen LogP contribution is -2.52. The lowest BCUT2D eigenvalue weighted by molar-refractivity contribution is 0.372. The minimum atomic E-state index is -3.72. The van der Waals surface area contributed by atoms with Gasteiger partial charge in [-0.15, -0.1) is 0 Å². The fourth-order valence-electron chi connectivity index (χ4n) is 3.40. The average Bonchev–Trinajstić information content (AvgIpc) is 2.76. The van der Waals surface area contributed by atoms with Gasteiger partial charge in [0.25, 0.3) is 0 Å². The monoisotopic (exact) mass is 431 g/mol. The smallest absolute Gasteiger partial charge is 0.238 e. The van der Waals surface area contributed by atoms with Crippen molar-refractivity contribution >= 4 is 21.7 Å². The molecule has 0 bridgehead atoms. The zero-order valence-corrected chi connectivity index (χ0v) is 18.2. The van der Waals surface area contributed by atoms with Crippen LogP contribution in [-0.4, -0.2) is 59.1 Å². The number of hydrogen-bond donors (Lipinski definition) is 2. The summed E-state index contributed by atoms with van der Waals surface area (Å²) in [6.07, 6.45) is 0. The third-order valence-corrected chi connectivity index (χ3v) is 5.88. The maximum absolute atomic E-state index is 11.6. The summed E-state index contributed by atoms with van der Waals surface area (Å²) in [7, 11) is -2.05. The second kappa shape index (κ2) is 9.82. The van der Waals surface area contributed by atoms with Crippen molar-refractivity contribution < 1.29 is 13.2 Å². The second-order valence-electron chi connectivity index (χ2n) is 7.04. The lowest BCUT2D eigenvalue weighted by Gasteiger charge is -2.37. The summed E-state index contributed by atoms with van der Waals surface area (Å²) in [5.41, 5.74) is 1.95. The van der Waals surface area contributed by atoms with E-state index in [2.05, 4.69) is 21.2 Å². The highest BCUT2D eigenvalue weighted by atomic mass is 32.2. The number of methoxy groups -OCH3 is 1. The van der Waals surface area contributed by atoms with Crippen LogP contribution in [0, 0.1) is 0 Å².